The van der Waals surface area contributed by atoms with E-state index in [1.807, 2.05) is 55.5 Å². The fraction of sp³-hybridized carbons (Fsp3) is 0.111. The average molecular weight is 327 g/mol. The molecule has 0 amide bonds. The molecule has 4 heteroatoms. The van der Waals surface area contributed by atoms with Gasteiger partial charge in [0.2, 0.25) is 0 Å². The normalized spacial score (nSPS) is 10.6. The van der Waals surface area contributed by atoms with Crippen molar-refractivity contribution in [2.45, 2.75) is 17.8 Å². The minimum absolute atomic E-state index is 0.756. The summed E-state index contributed by atoms with van der Waals surface area (Å²) in [6.45, 7) is 2.00. The largest absolute Gasteiger partial charge is 0.228 e. The molecule has 0 unspecified atom stereocenters. The van der Waals surface area contributed by atoms with E-state index < -0.39 is 0 Å². The van der Waals surface area contributed by atoms with E-state index in [2.05, 4.69) is 22.1 Å². The van der Waals surface area contributed by atoms with Crippen LogP contribution in [0.3, 0.4) is 0 Å². The number of benzene rings is 2. The lowest BCUT2D eigenvalue weighted by Gasteiger charge is -2.06. The molecule has 3 aromatic rings. The van der Waals surface area contributed by atoms with Gasteiger partial charge in [0.15, 0.2) is 5.16 Å². The van der Waals surface area contributed by atoms with Crippen molar-refractivity contribution in [2.75, 3.05) is 0 Å². The number of hydrogen-bond donors (Lipinski definition) is 0. The Morgan fingerprint density at radius 3 is 2.41 bits per heavy atom. The Labute approximate surface area is 139 Å². The predicted octanol–water partition coefficient (Wildman–Crippen LogP) is 5.40. The van der Waals surface area contributed by atoms with Crippen LogP contribution in [0.15, 0.2) is 65.8 Å². The fourth-order valence-electron chi connectivity index (χ4n) is 2.09. The highest BCUT2D eigenvalue weighted by Crippen LogP contribution is 2.24. The predicted molar refractivity (Wildman–Crippen MR) is 93.2 cm³/mol. The average Bonchev–Trinajstić information content (AvgIpc) is 2.55. The van der Waals surface area contributed by atoms with Crippen LogP contribution >= 0.6 is 23.4 Å². The number of rotatable bonds is 4. The van der Waals surface area contributed by atoms with E-state index in [-0.39, 0.29) is 0 Å². The Balaban J connectivity index is 1.79. The topological polar surface area (TPSA) is 25.8 Å². The molecule has 0 saturated heterocycles. The van der Waals surface area contributed by atoms with Gasteiger partial charge >= 0.3 is 0 Å². The third-order valence-corrected chi connectivity index (χ3v) is 4.35. The standard InChI is InChI=1S/C18H15ClN2S/c1-13-11-17(15-5-3-2-4-6-15)21-18(20-13)22-12-14-7-9-16(19)10-8-14/h2-11H,12H2,1H3. The number of aromatic nitrogens is 2. The summed E-state index contributed by atoms with van der Waals surface area (Å²) in [5.41, 5.74) is 4.27. The van der Waals surface area contributed by atoms with Crippen molar-refractivity contribution in [2.24, 2.45) is 0 Å². The zero-order valence-electron chi connectivity index (χ0n) is 12.2. The highest BCUT2D eigenvalue weighted by atomic mass is 35.5. The Morgan fingerprint density at radius 1 is 0.955 bits per heavy atom. The van der Waals surface area contributed by atoms with Crippen molar-refractivity contribution in [3.8, 4) is 11.3 Å². The van der Waals surface area contributed by atoms with Crippen LogP contribution in [0.1, 0.15) is 11.3 Å². The van der Waals surface area contributed by atoms with E-state index in [1.165, 1.54) is 5.56 Å². The Kier molecular flexibility index (Phi) is 4.76. The second-order valence-electron chi connectivity index (χ2n) is 4.96. The quantitative estimate of drug-likeness (QED) is 0.474. The lowest BCUT2D eigenvalue weighted by atomic mass is 10.1. The highest BCUT2D eigenvalue weighted by Gasteiger charge is 2.05. The fourth-order valence-corrected chi connectivity index (χ4v) is 3.08. The van der Waals surface area contributed by atoms with Gasteiger partial charge in [-0.25, -0.2) is 9.97 Å². The zero-order chi connectivity index (χ0) is 15.4. The second-order valence-corrected chi connectivity index (χ2v) is 6.34. The molecule has 3 rings (SSSR count). The summed E-state index contributed by atoms with van der Waals surface area (Å²) >= 11 is 7.54. The molecule has 0 aliphatic rings. The minimum atomic E-state index is 0.756. The highest BCUT2D eigenvalue weighted by molar-refractivity contribution is 7.98. The van der Waals surface area contributed by atoms with Crippen LogP contribution in [0.2, 0.25) is 5.02 Å². The van der Waals surface area contributed by atoms with Crippen molar-refractivity contribution >= 4 is 23.4 Å². The van der Waals surface area contributed by atoms with Crippen LogP contribution in [0.5, 0.6) is 0 Å². The van der Waals surface area contributed by atoms with E-state index in [0.29, 0.717) is 0 Å². The summed E-state index contributed by atoms with van der Waals surface area (Å²) in [5.74, 6) is 0.828. The van der Waals surface area contributed by atoms with Gasteiger partial charge in [0.05, 0.1) is 5.69 Å². The molecule has 1 aromatic heterocycles. The van der Waals surface area contributed by atoms with Crippen LogP contribution in [-0.2, 0) is 5.75 Å². The zero-order valence-corrected chi connectivity index (χ0v) is 13.7. The maximum absolute atomic E-state index is 5.91. The van der Waals surface area contributed by atoms with Crippen molar-refractivity contribution in [3.05, 3.63) is 76.9 Å². The monoisotopic (exact) mass is 326 g/mol. The molecular formula is C18H15ClN2S. The molecule has 0 atom stereocenters. The number of hydrogen-bond acceptors (Lipinski definition) is 3. The molecule has 110 valence electrons. The third kappa shape index (κ3) is 3.87. The number of nitrogens with zero attached hydrogens (tertiary/aromatic N) is 2. The molecule has 2 aromatic carbocycles. The van der Waals surface area contributed by atoms with Gasteiger partial charge in [-0.1, -0.05) is 65.8 Å². The Hall–Kier alpha value is -1.84. The van der Waals surface area contributed by atoms with Crippen LogP contribution in [-0.4, -0.2) is 9.97 Å². The molecule has 0 saturated carbocycles. The summed E-state index contributed by atoms with van der Waals surface area (Å²) in [6.07, 6.45) is 0. The minimum Gasteiger partial charge on any atom is -0.228 e. The van der Waals surface area contributed by atoms with Crippen molar-refractivity contribution in [1.82, 2.24) is 9.97 Å². The van der Waals surface area contributed by atoms with Crippen molar-refractivity contribution in [3.63, 3.8) is 0 Å². The number of halogens is 1. The van der Waals surface area contributed by atoms with Gasteiger partial charge < -0.3 is 0 Å². The first-order valence-electron chi connectivity index (χ1n) is 6.99. The molecular weight excluding hydrogens is 312 g/mol. The van der Waals surface area contributed by atoms with Crippen molar-refractivity contribution in [1.29, 1.82) is 0 Å². The van der Waals surface area contributed by atoms with Gasteiger partial charge in [0.1, 0.15) is 0 Å². The summed E-state index contributed by atoms with van der Waals surface area (Å²) in [5, 5.41) is 1.56. The maximum Gasteiger partial charge on any atom is 0.188 e. The van der Waals surface area contributed by atoms with E-state index in [4.69, 9.17) is 11.6 Å². The molecule has 0 fully saturated rings. The van der Waals surface area contributed by atoms with Gasteiger partial charge in [-0.05, 0) is 30.7 Å². The first-order chi connectivity index (χ1) is 10.7. The molecule has 0 aliphatic heterocycles. The van der Waals surface area contributed by atoms with Gasteiger partial charge in [-0.15, -0.1) is 0 Å². The molecule has 0 radical (unpaired) electrons. The molecule has 2 nitrogen and oxygen atoms in total. The molecule has 22 heavy (non-hydrogen) atoms. The van der Waals surface area contributed by atoms with E-state index in [1.54, 1.807) is 11.8 Å². The third-order valence-electron chi connectivity index (χ3n) is 3.18. The number of thioether (sulfide) groups is 1. The summed E-state index contributed by atoms with van der Waals surface area (Å²) in [7, 11) is 0. The van der Waals surface area contributed by atoms with Gasteiger partial charge in [0, 0.05) is 22.0 Å². The maximum atomic E-state index is 5.91. The first-order valence-corrected chi connectivity index (χ1v) is 8.35. The SMILES string of the molecule is Cc1cc(-c2ccccc2)nc(SCc2ccc(Cl)cc2)n1. The second kappa shape index (κ2) is 6.95. The van der Waals surface area contributed by atoms with E-state index in [0.717, 1.165) is 32.9 Å². The van der Waals surface area contributed by atoms with E-state index in [9.17, 15) is 0 Å². The van der Waals surface area contributed by atoms with Crippen LogP contribution in [0, 0.1) is 6.92 Å². The Morgan fingerprint density at radius 2 is 1.68 bits per heavy atom. The molecule has 0 N–H and O–H groups in total. The summed E-state index contributed by atoms with van der Waals surface area (Å²) in [6, 6.07) is 20.1. The summed E-state index contributed by atoms with van der Waals surface area (Å²) < 4.78 is 0. The lowest BCUT2D eigenvalue weighted by molar-refractivity contribution is 0.937. The first kappa shape index (κ1) is 15.1. The Bertz CT molecular complexity index is 758. The van der Waals surface area contributed by atoms with Crippen LogP contribution in [0.4, 0.5) is 0 Å². The molecule has 0 spiro atoms. The smallest absolute Gasteiger partial charge is 0.188 e. The van der Waals surface area contributed by atoms with Crippen LogP contribution < -0.4 is 0 Å². The number of aryl methyl sites for hydroxylation is 1. The molecule has 0 bridgehead atoms. The molecule has 0 aliphatic carbocycles. The van der Waals surface area contributed by atoms with Gasteiger partial charge in [0.25, 0.3) is 0 Å². The van der Waals surface area contributed by atoms with Crippen molar-refractivity contribution < 1.29 is 0 Å². The summed E-state index contributed by atoms with van der Waals surface area (Å²) in [4.78, 5) is 9.18. The van der Waals surface area contributed by atoms with Crippen LogP contribution in [0.25, 0.3) is 11.3 Å². The van der Waals surface area contributed by atoms with Gasteiger partial charge in [-0.2, -0.15) is 0 Å². The van der Waals surface area contributed by atoms with E-state index >= 15 is 0 Å². The lowest BCUT2D eigenvalue weighted by Crippen LogP contribution is -1.94. The molecule has 1 heterocycles. The van der Waals surface area contributed by atoms with Gasteiger partial charge in [-0.3, -0.25) is 0 Å².